The van der Waals surface area contributed by atoms with Gasteiger partial charge in [0.25, 0.3) is 0 Å². The Morgan fingerprint density at radius 2 is 1.89 bits per heavy atom. The van der Waals surface area contributed by atoms with E-state index in [1.54, 1.807) is 12.1 Å². The molecule has 1 aromatic carbocycles. The number of rotatable bonds is 5. The summed E-state index contributed by atoms with van der Waals surface area (Å²) in [6.45, 7) is 8.21. The number of hydrogen-bond donors (Lipinski definition) is 0. The molecule has 0 heterocycles. The Labute approximate surface area is 109 Å². The fourth-order valence-electron chi connectivity index (χ4n) is 1.32. The van der Waals surface area contributed by atoms with Crippen LogP contribution in [0.15, 0.2) is 24.3 Å². The molecule has 0 aliphatic carbocycles. The Kier molecular flexibility index (Phi) is 7.59. The van der Waals surface area contributed by atoms with Crippen LogP contribution in [-0.4, -0.2) is 8.42 Å². The lowest BCUT2D eigenvalue weighted by molar-refractivity contribution is 0.440. The lowest BCUT2D eigenvalue weighted by Gasteiger charge is -2.06. The number of hydrogen-bond acceptors (Lipinski definition) is 3. The normalized spacial score (nSPS) is 10.8. The summed E-state index contributed by atoms with van der Waals surface area (Å²) in [6, 6.07) is 6.46. The highest BCUT2D eigenvalue weighted by Crippen LogP contribution is 2.18. The summed E-state index contributed by atoms with van der Waals surface area (Å²) in [4.78, 5) is 0. The maximum atomic E-state index is 12.3. The van der Waals surface area contributed by atoms with E-state index in [4.69, 9.17) is 0 Å². The van der Waals surface area contributed by atoms with Crippen LogP contribution in [-0.2, 0) is 16.9 Å². The van der Waals surface area contributed by atoms with E-state index in [1.165, 1.54) is 6.07 Å². The van der Waals surface area contributed by atoms with Gasteiger partial charge < -0.3 is 4.18 Å². The van der Waals surface area contributed by atoms with Crippen molar-refractivity contribution in [2.24, 2.45) is 5.92 Å². The van der Waals surface area contributed by atoms with Crippen LogP contribution in [0.25, 0.3) is 0 Å². The van der Waals surface area contributed by atoms with Gasteiger partial charge in [0.1, 0.15) is 5.75 Å². The Morgan fingerprint density at radius 3 is 2.39 bits per heavy atom. The van der Waals surface area contributed by atoms with E-state index >= 15 is 0 Å². The van der Waals surface area contributed by atoms with Crippen LogP contribution < -0.4 is 4.18 Å². The molecule has 0 aliphatic rings. The molecule has 0 atom stereocenters. The van der Waals surface area contributed by atoms with Crippen molar-refractivity contribution in [2.45, 2.75) is 40.5 Å². The first kappa shape index (κ1) is 16.9. The third-order valence-corrected chi connectivity index (χ3v) is 2.50. The molecular formula is C13H21FO3S. The maximum absolute atomic E-state index is 12.3. The Balaban J connectivity index is 0.00000137. The zero-order valence-electron chi connectivity index (χ0n) is 11.3. The molecular weight excluding hydrogens is 255 g/mol. The average molecular weight is 276 g/mol. The Hall–Kier alpha value is -1.10. The van der Waals surface area contributed by atoms with Gasteiger partial charge in [-0.1, -0.05) is 43.7 Å². The first-order valence-electron chi connectivity index (χ1n) is 6.10. The summed E-state index contributed by atoms with van der Waals surface area (Å²) in [5.74, 6) is 0.582. The fourth-order valence-corrected chi connectivity index (χ4v) is 1.66. The second-order valence-electron chi connectivity index (χ2n) is 4.06. The molecule has 5 heteroatoms. The summed E-state index contributed by atoms with van der Waals surface area (Å²) in [5.41, 5.74) is 0.940. The van der Waals surface area contributed by atoms with Crippen molar-refractivity contribution in [1.82, 2.24) is 0 Å². The molecule has 0 saturated heterocycles. The lowest BCUT2D eigenvalue weighted by atomic mass is 10.0. The maximum Gasteiger partial charge on any atom is 0.488 e. The van der Waals surface area contributed by atoms with Crippen LogP contribution in [0.1, 0.15) is 39.7 Å². The highest BCUT2D eigenvalue weighted by atomic mass is 32.3. The molecule has 3 nitrogen and oxygen atoms in total. The topological polar surface area (TPSA) is 43.4 Å². The second-order valence-corrected chi connectivity index (χ2v) is 5.01. The van der Waals surface area contributed by atoms with Crippen LogP contribution in [0.5, 0.6) is 5.75 Å². The van der Waals surface area contributed by atoms with Gasteiger partial charge in [0.2, 0.25) is 0 Å². The molecule has 0 spiro atoms. The van der Waals surface area contributed by atoms with Gasteiger partial charge in [0.15, 0.2) is 0 Å². The zero-order valence-corrected chi connectivity index (χ0v) is 12.1. The molecule has 0 fully saturated rings. The average Bonchev–Trinajstić information content (AvgIpc) is 2.27. The van der Waals surface area contributed by atoms with E-state index in [1.807, 2.05) is 19.9 Å². The van der Waals surface area contributed by atoms with Crippen LogP contribution in [0.4, 0.5) is 3.89 Å². The van der Waals surface area contributed by atoms with Crippen molar-refractivity contribution in [3.63, 3.8) is 0 Å². The SMILES string of the molecule is CC.CC(C)CCc1cccc(OS(=O)(=O)F)c1. The molecule has 0 radical (unpaired) electrons. The summed E-state index contributed by atoms with van der Waals surface area (Å²) < 4.78 is 37.0. The van der Waals surface area contributed by atoms with Gasteiger partial charge in [-0.05, 0) is 36.5 Å². The van der Waals surface area contributed by atoms with E-state index in [0.29, 0.717) is 5.92 Å². The third-order valence-electron chi connectivity index (χ3n) is 2.10. The second kappa shape index (κ2) is 8.08. The monoisotopic (exact) mass is 276 g/mol. The summed E-state index contributed by atoms with van der Waals surface area (Å²) >= 11 is 0. The Morgan fingerprint density at radius 1 is 1.28 bits per heavy atom. The first-order chi connectivity index (χ1) is 8.37. The molecule has 1 aromatic rings. The van der Waals surface area contributed by atoms with Crippen LogP contribution in [0.3, 0.4) is 0 Å². The predicted molar refractivity (Wildman–Crippen MR) is 71.6 cm³/mol. The van der Waals surface area contributed by atoms with Crippen LogP contribution in [0.2, 0.25) is 0 Å². The van der Waals surface area contributed by atoms with E-state index in [-0.39, 0.29) is 5.75 Å². The Bertz CT molecular complexity index is 441. The van der Waals surface area contributed by atoms with Gasteiger partial charge in [0, 0.05) is 0 Å². The minimum Gasteiger partial charge on any atom is -0.358 e. The highest BCUT2D eigenvalue weighted by Gasteiger charge is 2.09. The molecule has 0 aliphatic heterocycles. The lowest BCUT2D eigenvalue weighted by Crippen LogP contribution is -2.01. The van der Waals surface area contributed by atoms with Gasteiger partial charge in [-0.25, -0.2) is 0 Å². The van der Waals surface area contributed by atoms with Crippen molar-refractivity contribution in [3.8, 4) is 5.75 Å². The molecule has 0 saturated carbocycles. The van der Waals surface area contributed by atoms with Crippen LogP contribution in [0, 0.1) is 5.92 Å². The van der Waals surface area contributed by atoms with Crippen molar-refractivity contribution < 1.29 is 16.5 Å². The fraction of sp³-hybridized carbons (Fsp3) is 0.538. The number of aryl methyl sites for hydroxylation is 1. The molecule has 0 aromatic heterocycles. The first-order valence-corrected chi connectivity index (χ1v) is 7.40. The van der Waals surface area contributed by atoms with Crippen LogP contribution >= 0.6 is 0 Å². The van der Waals surface area contributed by atoms with Gasteiger partial charge in [0.05, 0.1) is 0 Å². The quantitative estimate of drug-likeness (QED) is 0.766. The molecule has 1 rings (SSSR count). The van der Waals surface area contributed by atoms with Crippen molar-refractivity contribution in [3.05, 3.63) is 29.8 Å². The van der Waals surface area contributed by atoms with Crippen molar-refractivity contribution in [1.29, 1.82) is 0 Å². The van der Waals surface area contributed by atoms with Crippen molar-refractivity contribution in [2.75, 3.05) is 0 Å². The van der Waals surface area contributed by atoms with E-state index in [2.05, 4.69) is 18.0 Å². The number of benzene rings is 1. The van der Waals surface area contributed by atoms with Gasteiger partial charge in [-0.3, -0.25) is 0 Å². The van der Waals surface area contributed by atoms with Crippen molar-refractivity contribution >= 4 is 10.5 Å². The molecule has 0 N–H and O–H groups in total. The third kappa shape index (κ3) is 8.06. The van der Waals surface area contributed by atoms with Gasteiger partial charge >= 0.3 is 10.5 Å². The molecule has 104 valence electrons. The minimum absolute atomic E-state index is 0.0174. The minimum atomic E-state index is -4.93. The largest absolute Gasteiger partial charge is 0.488 e. The van der Waals surface area contributed by atoms with Gasteiger partial charge in [-0.2, -0.15) is 8.42 Å². The summed E-state index contributed by atoms with van der Waals surface area (Å²) in [7, 11) is -4.93. The zero-order chi connectivity index (χ0) is 14.2. The number of halogens is 1. The molecule has 0 amide bonds. The molecule has 0 unspecified atom stereocenters. The molecule has 0 bridgehead atoms. The summed E-state index contributed by atoms with van der Waals surface area (Å²) in [5, 5.41) is 0. The summed E-state index contributed by atoms with van der Waals surface area (Å²) in [6.07, 6.45) is 1.81. The smallest absolute Gasteiger partial charge is 0.358 e. The van der Waals surface area contributed by atoms with E-state index in [0.717, 1.165) is 18.4 Å². The molecule has 18 heavy (non-hydrogen) atoms. The standard InChI is InChI=1S/C11H15FO3S.C2H6/c1-9(2)6-7-10-4-3-5-11(8-10)15-16(12,13)14;1-2/h3-5,8-9H,6-7H2,1-2H3;1-2H3. The van der Waals surface area contributed by atoms with Gasteiger partial charge in [-0.15, -0.1) is 0 Å². The van der Waals surface area contributed by atoms with E-state index in [9.17, 15) is 12.3 Å². The highest BCUT2D eigenvalue weighted by molar-refractivity contribution is 7.81. The predicted octanol–water partition coefficient (Wildman–Crippen LogP) is 3.89. The van der Waals surface area contributed by atoms with E-state index < -0.39 is 10.5 Å².